The molecule has 1 heterocycles. The van der Waals surface area contributed by atoms with Crippen molar-refractivity contribution in [2.45, 2.75) is 25.9 Å². The molecule has 6 heteroatoms. The van der Waals surface area contributed by atoms with Gasteiger partial charge >= 0.3 is 0 Å². The minimum atomic E-state index is -0.402. The summed E-state index contributed by atoms with van der Waals surface area (Å²) in [7, 11) is 0. The van der Waals surface area contributed by atoms with Crippen LogP contribution in [0.1, 0.15) is 25.5 Å². The summed E-state index contributed by atoms with van der Waals surface area (Å²) in [4.78, 5) is 10.6. The van der Waals surface area contributed by atoms with E-state index in [0.717, 1.165) is 5.56 Å². The van der Waals surface area contributed by atoms with E-state index in [1.807, 2.05) is 13.8 Å². The maximum atomic E-state index is 11.0. The molecule has 0 radical (unpaired) electrons. The summed E-state index contributed by atoms with van der Waals surface area (Å²) in [6.45, 7) is 4.66. The largest absolute Gasteiger partial charge is 0.378 e. The van der Waals surface area contributed by atoms with Gasteiger partial charge in [0.05, 0.1) is 4.92 Å². The van der Waals surface area contributed by atoms with Crippen LogP contribution in [0.3, 0.4) is 0 Å². The molecule has 0 saturated carbocycles. The Bertz CT molecular complexity index is 464. The van der Waals surface area contributed by atoms with Gasteiger partial charge in [-0.2, -0.15) is 0 Å². The molecule has 0 bridgehead atoms. The van der Waals surface area contributed by atoms with E-state index in [4.69, 9.17) is 11.6 Å². The lowest BCUT2D eigenvalue weighted by Crippen LogP contribution is -2.31. The normalized spacial score (nSPS) is 23.5. The molecule has 17 heavy (non-hydrogen) atoms. The summed E-state index contributed by atoms with van der Waals surface area (Å²) in [5.74, 6) is 0. The first-order valence-corrected chi connectivity index (χ1v) is 5.84. The molecule has 1 aromatic carbocycles. The van der Waals surface area contributed by atoms with Crippen LogP contribution in [0.25, 0.3) is 0 Å². The lowest BCUT2D eigenvalue weighted by Gasteiger charge is -2.15. The van der Waals surface area contributed by atoms with Gasteiger partial charge in [-0.1, -0.05) is 11.6 Å². The van der Waals surface area contributed by atoms with Gasteiger partial charge in [0.2, 0.25) is 0 Å². The summed E-state index contributed by atoms with van der Waals surface area (Å²) >= 11 is 5.92. The quantitative estimate of drug-likeness (QED) is 0.598. The standard InChI is InChI=1S/C11H14ClN3O2/c1-6-5-13-11-9(7(2)14-6)3-8(12)4-10(11)15(16)17/h3-4,6-7,13-14H,5H2,1-2H3/t6-,7-/m0/s1. The third kappa shape index (κ3) is 2.35. The minimum absolute atomic E-state index is 0.0346. The van der Waals surface area contributed by atoms with Crippen molar-refractivity contribution in [2.24, 2.45) is 0 Å². The molecule has 2 N–H and O–H groups in total. The Kier molecular flexibility index (Phi) is 3.22. The Labute approximate surface area is 104 Å². The van der Waals surface area contributed by atoms with Crippen molar-refractivity contribution in [1.29, 1.82) is 0 Å². The molecule has 0 amide bonds. The highest BCUT2D eigenvalue weighted by atomic mass is 35.5. The van der Waals surface area contributed by atoms with Crippen LogP contribution in [0.4, 0.5) is 11.4 Å². The number of benzene rings is 1. The second kappa shape index (κ2) is 4.50. The smallest absolute Gasteiger partial charge is 0.294 e. The van der Waals surface area contributed by atoms with Crippen LogP contribution in [0.2, 0.25) is 5.02 Å². The average molecular weight is 256 g/mol. The van der Waals surface area contributed by atoms with Crippen LogP contribution < -0.4 is 10.6 Å². The van der Waals surface area contributed by atoms with Gasteiger partial charge in [-0.25, -0.2) is 0 Å². The van der Waals surface area contributed by atoms with Crippen LogP contribution in [0.5, 0.6) is 0 Å². The molecule has 0 fully saturated rings. The van der Waals surface area contributed by atoms with Crippen molar-refractivity contribution < 1.29 is 4.92 Å². The zero-order valence-corrected chi connectivity index (χ0v) is 10.4. The molecule has 1 aliphatic heterocycles. The Balaban J connectivity index is 2.57. The molecular weight excluding hydrogens is 242 g/mol. The molecule has 1 aliphatic rings. The fraction of sp³-hybridized carbons (Fsp3) is 0.455. The third-order valence-electron chi connectivity index (χ3n) is 2.90. The van der Waals surface area contributed by atoms with Gasteiger partial charge in [0.1, 0.15) is 5.69 Å². The van der Waals surface area contributed by atoms with E-state index in [1.54, 1.807) is 6.07 Å². The van der Waals surface area contributed by atoms with E-state index < -0.39 is 4.92 Å². The van der Waals surface area contributed by atoms with E-state index in [-0.39, 0.29) is 17.8 Å². The highest BCUT2D eigenvalue weighted by Gasteiger charge is 2.25. The van der Waals surface area contributed by atoms with Gasteiger partial charge in [-0.3, -0.25) is 10.1 Å². The van der Waals surface area contributed by atoms with Gasteiger partial charge in [-0.05, 0) is 19.9 Å². The van der Waals surface area contributed by atoms with Crippen LogP contribution in [0, 0.1) is 10.1 Å². The first-order chi connectivity index (χ1) is 7.99. The van der Waals surface area contributed by atoms with Crippen LogP contribution in [-0.4, -0.2) is 17.5 Å². The number of hydrogen-bond acceptors (Lipinski definition) is 4. The fourth-order valence-corrected chi connectivity index (χ4v) is 2.34. The maximum absolute atomic E-state index is 11.0. The Morgan fingerprint density at radius 2 is 2.18 bits per heavy atom. The van der Waals surface area contributed by atoms with E-state index in [2.05, 4.69) is 10.6 Å². The van der Waals surface area contributed by atoms with Crippen LogP contribution in [0.15, 0.2) is 12.1 Å². The van der Waals surface area contributed by atoms with Crippen molar-refractivity contribution >= 4 is 23.0 Å². The van der Waals surface area contributed by atoms with Crippen LogP contribution >= 0.6 is 11.6 Å². The molecule has 0 unspecified atom stereocenters. The van der Waals surface area contributed by atoms with Gasteiger partial charge in [0, 0.05) is 35.3 Å². The number of nitro groups is 1. The highest BCUT2D eigenvalue weighted by Crippen LogP contribution is 2.36. The SMILES string of the molecule is C[C@@H]1N[C@@H](C)CNc2c1cc(Cl)cc2[N+](=O)[O-]. The van der Waals surface area contributed by atoms with Gasteiger partial charge in [0.25, 0.3) is 5.69 Å². The second-order valence-electron chi connectivity index (χ2n) is 4.32. The predicted octanol–water partition coefficient (Wildman–Crippen LogP) is 2.71. The zero-order chi connectivity index (χ0) is 12.6. The molecular formula is C11H14ClN3O2. The van der Waals surface area contributed by atoms with E-state index in [0.29, 0.717) is 17.3 Å². The average Bonchev–Trinajstić information content (AvgIpc) is 2.38. The number of hydrogen-bond donors (Lipinski definition) is 2. The number of nitro benzene ring substituents is 1. The first kappa shape index (κ1) is 12.1. The first-order valence-electron chi connectivity index (χ1n) is 5.46. The van der Waals surface area contributed by atoms with Gasteiger partial charge < -0.3 is 10.6 Å². The molecule has 0 aromatic heterocycles. The van der Waals surface area contributed by atoms with Crippen molar-refractivity contribution in [2.75, 3.05) is 11.9 Å². The second-order valence-corrected chi connectivity index (χ2v) is 4.75. The Morgan fingerprint density at radius 3 is 2.82 bits per heavy atom. The van der Waals surface area contributed by atoms with Gasteiger partial charge in [-0.15, -0.1) is 0 Å². The number of nitrogens with one attached hydrogen (secondary N) is 2. The summed E-state index contributed by atoms with van der Waals surface area (Å²) in [6.07, 6.45) is 0. The summed E-state index contributed by atoms with van der Waals surface area (Å²) in [6, 6.07) is 3.44. The molecule has 1 aromatic rings. The van der Waals surface area contributed by atoms with Crippen molar-refractivity contribution in [3.63, 3.8) is 0 Å². The molecule has 5 nitrogen and oxygen atoms in total. The fourth-order valence-electron chi connectivity index (χ4n) is 2.12. The number of rotatable bonds is 1. The predicted molar refractivity (Wildman–Crippen MR) is 67.6 cm³/mol. The van der Waals surface area contributed by atoms with Crippen molar-refractivity contribution in [3.8, 4) is 0 Å². The van der Waals surface area contributed by atoms with Crippen molar-refractivity contribution in [1.82, 2.24) is 5.32 Å². The minimum Gasteiger partial charge on any atom is -0.378 e. The lowest BCUT2D eigenvalue weighted by molar-refractivity contribution is -0.384. The van der Waals surface area contributed by atoms with Crippen molar-refractivity contribution in [3.05, 3.63) is 32.8 Å². The van der Waals surface area contributed by atoms with E-state index in [9.17, 15) is 10.1 Å². The number of nitrogens with zero attached hydrogens (tertiary/aromatic N) is 1. The van der Waals surface area contributed by atoms with Gasteiger partial charge in [0.15, 0.2) is 0 Å². The topological polar surface area (TPSA) is 67.2 Å². The number of anilines is 1. The Morgan fingerprint density at radius 1 is 1.47 bits per heavy atom. The molecule has 0 saturated heterocycles. The molecule has 2 rings (SSSR count). The Hall–Kier alpha value is -1.33. The maximum Gasteiger partial charge on any atom is 0.294 e. The highest BCUT2D eigenvalue weighted by molar-refractivity contribution is 6.31. The summed E-state index contributed by atoms with van der Waals surface area (Å²) in [5, 5.41) is 17.9. The molecule has 2 atom stereocenters. The van der Waals surface area contributed by atoms with E-state index in [1.165, 1.54) is 6.07 Å². The lowest BCUT2D eigenvalue weighted by atomic mass is 10.0. The van der Waals surface area contributed by atoms with E-state index >= 15 is 0 Å². The van der Waals surface area contributed by atoms with Crippen LogP contribution in [-0.2, 0) is 0 Å². The summed E-state index contributed by atoms with van der Waals surface area (Å²) in [5.41, 5.74) is 1.45. The summed E-state index contributed by atoms with van der Waals surface area (Å²) < 4.78 is 0. The number of fused-ring (bicyclic) bond motifs is 1. The molecule has 92 valence electrons. The number of halogens is 1. The molecule has 0 aliphatic carbocycles. The molecule has 0 spiro atoms. The zero-order valence-electron chi connectivity index (χ0n) is 9.66. The monoisotopic (exact) mass is 255 g/mol. The third-order valence-corrected chi connectivity index (χ3v) is 3.11.